The maximum absolute atomic E-state index is 8.89. The number of carboxylic acid groups (broad SMARTS) is 3. The van der Waals surface area contributed by atoms with E-state index >= 15 is 0 Å². The molecule has 0 saturated heterocycles. The summed E-state index contributed by atoms with van der Waals surface area (Å²) in [5.74, 6) is -3.25. The normalized spacial score (nSPS) is 5.36. The van der Waals surface area contributed by atoms with Crippen molar-refractivity contribution in [2.45, 2.75) is 20.8 Å². The van der Waals surface area contributed by atoms with Crippen LogP contribution in [0.4, 0.5) is 0 Å². The van der Waals surface area contributed by atoms with Gasteiger partial charge in [0.1, 0.15) is 0 Å². The van der Waals surface area contributed by atoms with Gasteiger partial charge in [-0.3, -0.25) is 0 Å². The van der Waals surface area contributed by atoms with Crippen LogP contribution in [0.1, 0.15) is 20.8 Å². The van der Waals surface area contributed by atoms with Crippen LogP contribution in [0.15, 0.2) is 0 Å². The molecule has 86 valence electrons. The van der Waals surface area contributed by atoms with Gasteiger partial charge in [-0.25, -0.2) is 0 Å². The quantitative estimate of drug-likeness (QED) is 0.408. The number of hydrogen-bond donors (Lipinski definition) is 0. The van der Waals surface area contributed by atoms with Gasteiger partial charge in [0.15, 0.2) is 0 Å². The first-order valence-electron chi connectivity index (χ1n) is 2.72. The Hall–Kier alpha value is -0.981. The van der Waals surface area contributed by atoms with Crippen LogP contribution in [0.25, 0.3) is 0 Å². The van der Waals surface area contributed by atoms with E-state index in [0.29, 0.717) is 0 Å². The van der Waals surface area contributed by atoms with Crippen molar-refractivity contribution >= 4 is 17.9 Å². The van der Waals surface area contributed by atoms with Crippen LogP contribution in [0.5, 0.6) is 0 Å². The topological polar surface area (TPSA) is 152 Å². The second-order valence-electron chi connectivity index (χ2n) is 1.47. The minimum atomic E-state index is -1.08. The molecule has 0 spiro atoms. The minimum absolute atomic E-state index is 0. The van der Waals surface area contributed by atoms with Crippen LogP contribution in [-0.2, 0) is 34.5 Å². The smallest absolute Gasteiger partial charge is 0.550 e. The van der Waals surface area contributed by atoms with Crippen LogP contribution in [-0.4, -0.2) is 23.4 Å². The zero-order chi connectivity index (χ0) is 10.7. The van der Waals surface area contributed by atoms with E-state index in [0.717, 1.165) is 20.8 Å². The predicted molar refractivity (Wildman–Crippen MR) is 35.7 cm³/mol. The van der Waals surface area contributed by atoms with Gasteiger partial charge < -0.3 is 35.2 Å². The molecule has 0 saturated carbocycles. The molecule has 2 N–H and O–H groups in total. The van der Waals surface area contributed by atoms with Gasteiger partial charge in [0.25, 0.3) is 0 Å². The van der Waals surface area contributed by atoms with Crippen LogP contribution in [0.2, 0.25) is 0 Å². The molecule has 0 atom stereocenters. The van der Waals surface area contributed by atoms with Crippen molar-refractivity contribution in [2.75, 3.05) is 0 Å². The zero-order valence-electron chi connectivity index (χ0n) is 7.78. The van der Waals surface area contributed by atoms with Crippen LogP contribution in [0.3, 0.4) is 0 Å². The molecular formula is C6H11IrO7. The summed E-state index contributed by atoms with van der Waals surface area (Å²) in [5.41, 5.74) is 0. The summed E-state index contributed by atoms with van der Waals surface area (Å²) >= 11 is 0. The average molecular weight is 387 g/mol. The van der Waals surface area contributed by atoms with E-state index in [1.54, 1.807) is 0 Å². The van der Waals surface area contributed by atoms with Crippen LogP contribution >= 0.6 is 0 Å². The molecule has 7 nitrogen and oxygen atoms in total. The standard InChI is InChI=1S/3C2H4O2.Ir.H2O/c3*1-2(3)4;;/h3*1H3,(H,3,4);;1H2/q;;;+3;/p-3. The predicted octanol–water partition coefficient (Wildman–Crippen LogP) is -4.56. The Bertz CT molecular complexity index is 116. The summed E-state index contributed by atoms with van der Waals surface area (Å²) in [6.07, 6.45) is 0. The molecule has 0 fully saturated rings. The summed E-state index contributed by atoms with van der Waals surface area (Å²) in [6.45, 7) is 2.92. The Labute approximate surface area is 94.4 Å². The van der Waals surface area contributed by atoms with Crippen molar-refractivity contribution in [3.63, 3.8) is 0 Å². The molecule has 0 amide bonds. The van der Waals surface area contributed by atoms with Crippen LogP contribution < -0.4 is 15.3 Å². The Kier molecular flexibility index (Phi) is 47.4. The maximum Gasteiger partial charge on any atom is 3.00 e. The van der Waals surface area contributed by atoms with E-state index in [4.69, 9.17) is 29.7 Å². The largest absolute Gasteiger partial charge is 3.00 e. The van der Waals surface area contributed by atoms with Gasteiger partial charge >= 0.3 is 20.1 Å². The van der Waals surface area contributed by atoms with Gasteiger partial charge in [-0.15, -0.1) is 0 Å². The third kappa shape index (κ3) is 1150. The summed E-state index contributed by atoms with van der Waals surface area (Å²) in [7, 11) is 0. The molecule has 0 aromatic carbocycles. The van der Waals surface area contributed by atoms with E-state index in [-0.39, 0.29) is 25.6 Å². The summed E-state index contributed by atoms with van der Waals surface area (Å²) in [4.78, 5) is 26.7. The van der Waals surface area contributed by atoms with Crippen molar-refractivity contribution < 1.29 is 55.3 Å². The zero-order valence-corrected chi connectivity index (χ0v) is 10.2. The van der Waals surface area contributed by atoms with E-state index in [2.05, 4.69) is 0 Å². The van der Waals surface area contributed by atoms with Gasteiger partial charge in [0, 0.05) is 17.9 Å². The van der Waals surface area contributed by atoms with Crippen molar-refractivity contribution in [2.24, 2.45) is 0 Å². The Balaban J connectivity index is -0.0000000270. The molecule has 0 heterocycles. The molecule has 0 aromatic rings. The fraction of sp³-hybridized carbons (Fsp3) is 0.500. The fourth-order valence-electron chi connectivity index (χ4n) is 0. The molecule has 0 aliphatic heterocycles. The van der Waals surface area contributed by atoms with E-state index in [1.807, 2.05) is 0 Å². The molecule has 0 aromatic heterocycles. The first-order chi connectivity index (χ1) is 5.20. The van der Waals surface area contributed by atoms with E-state index in [1.165, 1.54) is 0 Å². The van der Waals surface area contributed by atoms with Crippen molar-refractivity contribution in [1.82, 2.24) is 0 Å². The SMILES string of the molecule is CC(=O)[O-].CC(=O)[O-].CC(=O)[O-].O.[Ir+3]. The van der Waals surface area contributed by atoms with Crippen molar-refractivity contribution in [3.8, 4) is 0 Å². The number of hydrogen-bond acceptors (Lipinski definition) is 6. The molecular weight excluding hydrogens is 376 g/mol. The molecule has 0 unspecified atom stereocenters. The minimum Gasteiger partial charge on any atom is -0.550 e. The Morgan fingerprint density at radius 3 is 0.714 bits per heavy atom. The second-order valence-corrected chi connectivity index (χ2v) is 1.47. The van der Waals surface area contributed by atoms with E-state index < -0.39 is 17.9 Å². The number of carboxylic acids is 3. The van der Waals surface area contributed by atoms with E-state index in [9.17, 15) is 0 Å². The molecule has 0 aliphatic rings. The van der Waals surface area contributed by atoms with Gasteiger partial charge in [-0.1, -0.05) is 0 Å². The van der Waals surface area contributed by atoms with Gasteiger partial charge in [0.2, 0.25) is 0 Å². The van der Waals surface area contributed by atoms with Crippen molar-refractivity contribution in [1.29, 1.82) is 0 Å². The number of rotatable bonds is 0. The third-order valence-corrected chi connectivity index (χ3v) is 0. The summed E-state index contributed by atoms with van der Waals surface area (Å²) < 4.78 is 0. The van der Waals surface area contributed by atoms with Gasteiger partial charge in [-0.05, 0) is 20.8 Å². The van der Waals surface area contributed by atoms with Gasteiger partial charge in [-0.2, -0.15) is 0 Å². The van der Waals surface area contributed by atoms with Crippen LogP contribution in [0, 0.1) is 0 Å². The first-order valence-corrected chi connectivity index (χ1v) is 2.72. The maximum atomic E-state index is 8.89. The average Bonchev–Trinajstić information content (AvgIpc) is 1.54. The number of aliphatic carboxylic acids is 3. The molecule has 0 aliphatic carbocycles. The Morgan fingerprint density at radius 1 is 0.714 bits per heavy atom. The fourth-order valence-corrected chi connectivity index (χ4v) is 0. The molecule has 0 bridgehead atoms. The molecule has 0 radical (unpaired) electrons. The first kappa shape index (κ1) is 29.2. The third-order valence-electron chi connectivity index (χ3n) is 0. The molecule has 14 heavy (non-hydrogen) atoms. The van der Waals surface area contributed by atoms with Crippen molar-refractivity contribution in [3.05, 3.63) is 0 Å². The number of carbonyl (C=O) groups excluding carboxylic acids is 3. The van der Waals surface area contributed by atoms with Gasteiger partial charge in [0.05, 0.1) is 0 Å². The monoisotopic (exact) mass is 388 g/mol. The Morgan fingerprint density at radius 2 is 0.714 bits per heavy atom. The second kappa shape index (κ2) is 22.7. The summed E-state index contributed by atoms with van der Waals surface area (Å²) in [5, 5.41) is 26.7. The number of carbonyl (C=O) groups is 3. The molecule has 8 heteroatoms. The molecule has 0 rings (SSSR count). The summed E-state index contributed by atoms with van der Waals surface area (Å²) in [6, 6.07) is 0.